The third-order valence-electron chi connectivity index (χ3n) is 2.27. The molecule has 0 spiro atoms. The third kappa shape index (κ3) is 2.65. The van der Waals surface area contributed by atoms with Crippen LogP contribution in [-0.4, -0.2) is 10.9 Å². The van der Waals surface area contributed by atoms with Gasteiger partial charge in [-0.05, 0) is 30.3 Å². The molecule has 4 nitrogen and oxygen atoms in total. The second-order valence-corrected chi connectivity index (χ2v) is 3.91. The summed E-state index contributed by atoms with van der Waals surface area (Å²) in [5, 5.41) is 11.7. The standard InChI is InChI=1S/C13H8ClN3O/c14-11-6-9(7-15)3-4-12(11)17-13(18)10-2-1-5-16-8-10/h1-6,8H,(H,17,18). The van der Waals surface area contributed by atoms with Crippen LogP contribution in [0.2, 0.25) is 5.02 Å². The molecular weight excluding hydrogens is 250 g/mol. The van der Waals surface area contributed by atoms with E-state index in [2.05, 4.69) is 10.3 Å². The molecule has 2 rings (SSSR count). The minimum absolute atomic E-state index is 0.297. The highest BCUT2D eigenvalue weighted by Gasteiger charge is 2.08. The maximum Gasteiger partial charge on any atom is 0.257 e. The lowest BCUT2D eigenvalue weighted by atomic mass is 10.2. The van der Waals surface area contributed by atoms with Crippen molar-refractivity contribution in [2.75, 3.05) is 5.32 Å². The molecule has 1 N–H and O–H groups in total. The van der Waals surface area contributed by atoms with E-state index in [-0.39, 0.29) is 5.91 Å². The molecule has 0 fully saturated rings. The van der Waals surface area contributed by atoms with Crippen molar-refractivity contribution in [2.24, 2.45) is 0 Å². The zero-order valence-electron chi connectivity index (χ0n) is 9.22. The summed E-state index contributed by atoms with van der Waals surface area (Å²) in [6, 6.07) is 9.98. The summed E-state index contributed by atoms with van der Waals surface area (Å²) >= 11 is 5.96. The first-order chi connectivity index (χ1) is 8.70. The first-order valence-corrected chi connectivity index (χ1v) is 5.49. The van der Waals surface area contributed by atoms with Gasteiger partial charge in [0.15, 0.2) is 0 Å². The highest BCUT2D eigenvalue weighted by atomic mass is 35.5. The summed E-state index contributed by atoms with van der Waals surface area (Å²) in [5.74, 6) is -0.297. The molecule has 0 unspecified atom stereocenters. The molecule has 0 aliphatic heterocycles. The SMILES string of the molecule is N#Cc1ccc(NC(=O)c2cccnc2)c(Cl)c1. The van der Waals surface area contributed by atoms with E-state index >= 15 is 0 Å². The Morgan fingerprint density at radius 1 is 1.39 bits per heavy atom. The number of halogens is 1. The molecule has 0 saturated carbocycles. The van der Waals surface area contributed by atoms with Crippen LogP contribution in [0.4, 0.5) is 5.69 Å². The molecule has 1 aromatic heterocycles. The number of hydrogen-bond donors (Lipinski definition) is 1. The predicted molar refractivity (Wildman–Crippen MR) is 68.4 cm³/mol. The molecule has 1 heterocycles. The summed E-state index contributed by atoms with van der Waals surface area (Å²) in [6.45, 7) is 0. The summed E-state index contributed by atoms with van der Waals surface area (Å²) in [4.78, 5) is 15.7. The van der Waals surface area contributed by atoms with Gasteiger partial charge in [0, 0.05) is 12.4 Å². The second-order valence-electron chi connectivity index (χ2n) is 3.50. The van der Waals surface area contributed by atoms with E-state index in [1.165, 1.54) is 12.3 Å². The maximum atomic E-state index is 11.8. The van der Waals surface area contributed by atoms with Gasteiger partial charge in [0.25, 0.3) is 5.91 Å². The fourth-order valence-corrected chi connectivity index (χ4v) is 1.61. The Kier molecular flexibility index (Phi) is 3.56. The van der Waals surface area contributed by atoms with Gasteiger partial charge >= 0.3 is 0 Å². The largest absolute Gasteiger partial charge is 0.321 e. The Hall–Kier alpha value is -2.38. The second kappa shape index (κ2) is 5.30. The van der Waals surface area contributed by atoms with E-state index in [1.807, 2.05) is 6.07 Å². The number of carbonyl (C=O) groups excluding carboxylic acids is 1. The van der Waals surface area contributed by atoms with Crippen molar-refractivity contribution in [2.45, 2.75) is 0 Å². The molecule has 0 saturated heterocycles. The highest BCUT2D eigenvalue weighted by Crippen LogP contribution is 2.23. The van der Waals surface area contributed by atoms with Crippen LogP contribution in [0.3, 0.4) is 0 Å². The number of nitrogens with zero attached hydrogens (tertiary/aromatic N) is 2. The van der Waals surface area contributed by atoms with Gasteiger partial charge in [-0.2, -0.15) is 5.26 Å². The van der Waals surface area contributed by atoms with E-state index in [9.17, 15) is 4.79 Å². The molecule has 2 aromatic rings. The lowest BCUT2D eigenvalue weighted by Gasteiger charge is -2.06. The molecule has 0 radical (unpaired) electrons. The number of hydrogen-bond acceptors (Lipinski definition) is 3. The number of amides is 1. The van der Waals surface area contributed by atoms with Crippen LogP contribution in [-0.2, 0) is 0 Å². The number of aromatic nitrogens is 1. The highest BCUT2D eigenvalue weighted by molar-refractivity contribution is 6.34. The minimum atomic E-state index is -0.297. The van der Waals surface area contributed by atoms with E-state index in [4.69, 9.17) is 16.9 Å². The van der Waals surface area contributed by atoms with Gasteiger partial charge in [-0.15, -0.1) is 0 Å². The van der Waals surface area contributed by atoms with E-state index in [0.29, 0.717) is 21.8 Å². The smallest absolute Gasteiger partial charge is 0.257 e. The summed E-state index contributed by atoms with van der Waals surface area (Å²) in [6.07, 6.45) is 3.05. The van der Waals surface area contributed by atoms with Gasteiger partial charge < -0.3 is 5.32 Å². The third-order valence-corrected chi connectivity index (χ3v) is 2.58. The molecule has 0 bridgehead atoms. The number of carbonyl (C=O) groups is 1. The van der Waals surface area contributed by atoms with Crippen LogP contribution >= 0.6 is 11.6 Å². The van der Waals surface area contributed by atoms with Crippen molar-refractivity contribution < 1.29 is 4.79 Å². The normalized spacial score (nSPS) is 9.56. The van der Waals surface area contributed by atoms with Crippen LogP contribution in [0.15, 0.2) is 42.7 Å². The quantitative estimate of drug-likeness (QED) is 0.900. The topological polar surface area (TPSA) is 65.8 Å². The van der Waals surface area contributed by atoms with Crippen molar-refractivity contribution in [3.8, 4) is 6.07 Å². The van der Waals surface area contributed by atoms with Gasteiger partial charge in [0.2, 0.25) is 0 Å². The van der Waals surface area contributed by atoms with Gasteiger partial charge in [-0.1, -0.05) is 11.6 Å². The zero-order chi connectivity index (χ0) is 13.0. The Morgan fingerprint density at radius 2 is 2.22 bits per heavy atom. The first-order valence-electron chi connectivity index (χ1n) is 5.12. The van der Waals surface area contributed by atoms with Crippen LogP contribution < -0.4 is 5.32 Å². The van der Waals surface area contributed by atoms with Crippen molar-refractivity contribution in [3.63, 3.8) is 0 Å². The fraction of sp³-hybridized carbons (Fsp3) is 0. The summed E-state index contributed by atoms with van der Waals surface area (Å²) < 4.78 is 0. The Bertz CT molecular complexity index is 620. The predicted octanol–water partition coefficient (Wildman–Crippen LogP) is 2.86. The Morgan fingerprint density at radius 3 is 2.83 bits per heavy atom. The molecule has 1 aromatic carbocycles. The van der Waals surface area contributed by atoms with Crippen molar-refractivity contribution >= 4 is 23.2 Å². The summed E-state index contributed by atoms with van der Waals surface area (Å²) in [7, 11) is 0. The number of anilines is 1. The van der Waals surface area contributed by atoms with Crippen LogP contribution in [0.1, 0.15) is 15.9 Å². The van der Waals surface area contributed by atoms with E-state index < -0.39 is 0 Å². The van der Waals surface area contributed by atoms with Crippen LogP contribution in [0.25, 0.3) is 0 Å². The molecule has 0 aliphatic rings. The van der Waals surface area contributed by atoms with Crippen molar-refractivity contribution in [1.82, 2.24) is 4.98 Å². The number of benzene rings is 1. The number of nitriles is 1. The van der Waals surface area contributed by atoms with Crippen LogP contribution in [0, 0.1) is 11.3 Å². The lowest BCUT2D eigenvalue weighted by Crippen LogP contribution is -2.12. The average Bonchev–Trinajstić information content (AvgIpc) is 2.42. The van der Waals surface area contributed by atoms with Crippen molar-refractivity contribution in [3.05, 3.63) is 58.9 Å². The molecule has 1 amide bonds. The fourth-order valence-electron chi connectivity index (χ4n) is 1.38. The van der Waals surface area contributed by atoms with Gasteiger partial charge in [0.1, 0.15) is 0 Å². The minimum Gasteiger partial charge on any atom is -0.321 e. The molecule has 88 valence electrons. The first kappa shape index (κ1) is 12.1. The maximum absolute atomic E-state index is 11.8. The molecule has 0 aliphatic carbocycles. The Labute approximate surface area is 109 Å². The van der Waals surface area contributed by atoms with Gasteiger partial charge in [-0.25, -0.2) is 0 Å². The number of nitrogens with one attached hydrogen (secondary N) is 1. The molecule has 5 heteroatoms. The average molecular weight is 258 g/mol. The lowest BCUT2D eigenvalue weighted by molar-refractivity contribution is 0.102. The van der Waals surface area contributed by atoms with E-state index in [1.54, 1.807) is 30.5 Å². The Balaban J connectivity index is 2.20. The van der Waals surface area contributed by atoms with E-state index in [0.717, 1.165) is 0 Å². The molecular formula is C13H8ClN3O. The zero-order valence-corrected chi connectivity index (χ0v) is 9.98. The van der Waals surface area contributed by atoms with Gasteiger partial charge in [0.05, 0.1) is 27.9 Å². The van der Waals surface area contributed by atoms with Gasteiger partial charge in [-0.3, -0.25) is 9.78 Å². The van der Waals surface area contributed by atoms with Crippen molar-refractivity contribution in [1.29, 1.82) is 5.26 Å². The summed E-state index contributed by atoms with van der Waals surface area (Å²) in [5.41, 5.74) is 1.35. The van der Waals surface area contributed by atoms with Crippen LogP contribution in [0.5, 0.6) is 0 Å². The molecule has 18 heavy (non-hydrogen) atoms. The number of rotatable bonds is 2. The number of pyridine rings is 1. The molecule has 0 atom stereocenters. The monoisotopic (exact) mass is 257 g/mol.